The van der Waals surface area contributed by atoms with Crippen molar-refractivity contribution >= 4 is 29.3 Å². The molecule has 0 N–H and O–H groups in total. The van der Waals surface area contributed by atoms with Crippen LogP contribution in [0.4, 0.5) is 5.69 Å². The van der Waals surface area contributed by atoms with Gasteiger partial charge >= 0.3 is 0 Å². The Bertz CT molecular complexity index is 793. The molecule has 3 rings (SSSR count). The molecule has 31 heavy (non-hydrogen) atoms. The first kappa shape index (κ1) is 23.6. The second-order valence-corrected chi connectivity index (χ2v) is 9.91. The lowest BCUT2D eigenvalue weighted by molar-refractivity contribution is -0.384. The molecule has 2 aliphatic heterocycles. The molecule has 1 aromatic carbocycles. The summed E-state index contributed by atoms with van der Waals surface area (Å²) < 4.78 is 0. The average Bonchev–Trinajstić information content (AvgIpc) is 3.18. The summed E-state index contributed by atoms with van der Waals surface area (Å²) in [7, 11) is 0. The number of hydrogen-bond donors (Lipinski definition) is 0. The summed E-state index contributed by atoms with van der Waals surface area (Å²) in [6, 6.07) is 5.97. The lowest BCUT2D eigenvalue weighted by Crippen LogP contribution is -2.53. The standard InChI is InChI=1S/C23H33N3O4S/c1-2-3-4-5-6-7-11-21(27)24-14-12-23(13-15-24)25(16-17-31-23)22(28)19-9-8-10-20(18-19)26(29)30/h8-10,18H,2-7,11-17H2,1H3. The Balaban J connectivity index is 1.54. The van der Waals surface area contributed by atoms with Crippen LogP contribution < -0.4 is 0 Å². The first-order chi connectivity index (χ1) is 15.0. The number of thioether (sulfide) groups is 1. The largest absolute Gasteiger partial charge is 0.342 e. The number of non-ortho nitro benzene ring substituents is 1. The molecule has 0 aromatic heterocycles. The van der Waals surface area contributed by atoms with Crippen LogP contribution in [-0.2, 0) is 4.79 Å². The number of benzene rings is 1. The van der Waals surface area contributed by atoms with Crippen molar-refractivity contribution in [2.24, 2.45) is 0 Å². The molecule has 1 spiro atoms. The van der Waals surface area contributed by atoms with Crippen LogP contribution in [0.2, 0.25) is 0 Å². The maximum atomic E-state index is 13.2. The number of piperidine rings is 1. The van der Waals surface area contributed by atoms with Crippen LogP contribution in [0.5, 0.6) is 0 Å². The van der Waals surface area contributed by atoms with Crippen LogP contribution in [0.3, 0.4) is 0 Å². The van der Waals surface area contributed by atoms with Crippen molar-refractivity contribution in [3.8, 4) is 0 Å². The van der Waals surface area contributed by atoms with Crippen molar-refractivity contribution in [3.63, 3.8) is 0 Å². The molecule has 0 bridgehead atoms. The van der Waals surface area contributed by atoms with Gasteiger partial charge in [0.1, 0.15) is 0 Å². The minimum absolute atomic E-state index is 0.0677. The lowest BCUT2D eigenvalue weighted by atomic mass is 10.00. The Kier molecular flexibility index (Phi) is 8.35. The topological polar surface area (TPSA) is 83.8 Å². The molecule has 0 atom stereocenters. The predicted molar refractivity (Wildman–Crippen MR) is 123 cm³/mol. The van der Waals surface area contributed by atoms with Gasteiger partial charge in [-0.2, -0.15) is 0 Å². The highest BCUT2D eigenvalue weighted by Crippen LogP contribution is 2.44. The zero-order valence-electron chi connectivity index (χ0n) is 18.4. The molecular formula is C23H33N3O4S. The number of rotatable bonds is 9. The normalized spacial score (nSPS) is 17.8. The van der Waals surface area contributed by atoms with Gasteiger partial charge in [0.15, 0.2) is 0 Å². The highest BCUT2D eigenvalue weighted by Gasteiger charge is 2.47. The highest BCUT2D eigenvalue weighted by molar-refractivity contribution is 8.00. The number of unbranched alkanes of at least 4 members (excludes halogenated alkanes) is 5. The summed E-state index contributed by atoms with van der Waals surface area (Å²) in [5, 5.41) is 11.1. The van der Waals surface area contributed by atoms with E-state index >= 15 is 0 Å². The van der Waals surface area contributed by atoms with Crippen LogP contribution in [0, 0.1) is 10.1 Å². The van der Waals surface area contributed by atoms with Crippen LogP contribution in [0.15, 0.2) is 24.3 Å². The number of amides is 2. The fraction of sp³-hybridized carbons (Fsp3) is 0.652. The number of nitro groups is 1. The van der Waals surface area contributed by atoms with Gasteiger partial charge in [-0.05, 0) is 25.3 Å². The number of likely N-dealkylation sites (tertiary alicyclic amines) is 1. The van der Waals surface area contributed by atoms with E-state index in [4.69, 9.17) is 0 Å². The van der Waals surface area contributed by atoms with Crippen molar-refractivity contribution in [3.05, 3.63) is 39.9 Å². The van der Waals surface area contributed by atoms with Crippen molar-refractivity contribution < 1.29 is 14.5 Å². The van der Waals surface area contributed by atoms with Gasteiger partial charge in [-0.3, -0.25) is 19.7 Å². The molecule has 8 heteroatoms. The van der Waals surface area contributed by atoms with E-state index in [0.717, 1.165) is 31.4 Å². The SMILES string of the molecule is CCCCCCCCC(=O)N1CCC2(CC1)SCCN2C(=O)c1cccc([N+](=O)[O-])c1. The molecular weight excluding hydrogens is 414 g/mol. The third kappa shape index (κ3) is 5.79. The average molecular weight is 448 g/mol. The summed E-state index contributed by atoms with van der Waals surface area (Å²) in [5.74, 6) is 0.928. The van der Waals surface area contributed by atoms with E-state index in [2.05, 4.69) is 6.92 Å². The molecule has 2 heterocycles. The second-order valence-electron chi connectivity index (χ2n) is 8.46. The zero-order chi connectivity index (χ0) is 22.3. The van der Waals surface area contributed by atoms with E-state index in [9.17, 15) is 19.7 Å². The van der Waals surface area contributed by atoms with E-state index in [1.54, 1.807) is 23.9 Å². The second kappa shape index (κ2) is 11.0. The van der Waals surface area contributed by atoms with Crippen molar-refractivity contribution in [1.29, 1.82) is 0 Å². The van der Waals surface area contributed by atoms with E-state index in [1.807, 2.05) is 9.80 Å². The maximum absolute atomic E-state index is 13.2. The number of carbonyl (C=O) groups is 2. The molecule has 2 amide bonds. The Morgan fingerprint density at radius 1 is 1.10 bits per heavy atom. The number of hydrogen-bond acceptors (Lipinski definition) is 5. The minimum Gasteiger partial charge on any atom is -0.342 e. The molecule has 7 nitrogen and oxygen atoms in total. The highest BCUT2D eigenvalue weighted by atomic mass is 32.2. The van der Waals surface area contributed by atoms with E-state index in [1.165, 1.54) is 37.8 Å². The van der Waals surface area contributed by atoms with E-state index in [-0.39, 0.29) is 22.4 Å². The monoisotopic (exact) mass is 447 g/mol. The third-order valence-corrected chi connectivity index (χ3v) is 7.92. The summed E-state index contributed by atoms with van der Waals surface area (Å²) in [6.07, 6.45) is 9.14. The fourth-order valence-electron chi connectivity index (χ4n) is 4.54. The Morgan fingerprint density at radius 3 is 2.52 bits per heavy atom. The molecule has 0 radical (unpaired) electrons. The Hall–Kier alpha value is -2.09. The lowest BCUT2D eigenvalue weighted by Gasteiger charge is -2.44. The molecule has 2 aliphatic rings. The molecule has 170 valence electrons. The van der Waals surface area contributed by atoms with E-state index < -0.39 is 4.92 Å². The van der Waals surface area contributed by atoms with Crippen molar-refractivity contribution in [2.75, 3.05) is 25.4 Å². The molecule has 1 aromatic rings. The molecule has 0 aliphatic carbocycles. The van der Waals surface area contributed by atoms with Crippen molar-refractivity contribution in [2.45, 2.75) is 69.6 Å². The maximum Gasteiger partial charge on any atom is 0.270 e. The Morgan fingerprint density at radius 2 is 1.81 bits per heavy atom. The van der Waals surface area contributed by atoms with Gasteiger partial charge in [-0.15, -0.1) is 11.8 Å². The summed E-state index contributed by atoms with van der Waals surface area (Å²) in [4.78, 5) is 39.9. The zero-order valence-corrected chi connectivity index (χ0v) is 19.2. The predicted octanol–water partition coefficient (Wildman–Crippen LogP) is 4.85. The number of nitro benzene ring substituents is 1. The third-order valence-electron chi connectivity index (χ3n) is 6.37. The molecule has 2 fully saturated rings. The van der Waals surface area contributed by atoms with Gasteiger partial charge in [0.2, 0.25) is 5.91 Å². The number of carbonyl (C=O) groups excluding carboxylic acids is 2. The summed E-state index contributed by atoms with van der Waals surface area (Å²) >= 11 is 1.78. The molecule has 0 unspecified atom stereocenters. The van der Waals surface area contributed by atoms with Gasteiger partial charge in [-0.25, -0.2) is 0 Å². The molecule has 2 saturated heterocycles. The number of nitrogens with zero attached hydrogens (tertiary/aromatic N) is 3. The van der Waals surface area contributed by atoms with Gasteiger partial charge < -0.3 is 9.80 Å². The smallest absolute Gasteiger partial charge is 0.270 e. The quantitative estimate of drug-likeness (QED) is 0.307. The summed E-state index contributed by atoms with van der Waals surface area (Å²) in [6.45, 7) is 4.17. The van der Waals surface area contributed by atoms with Gasteiger partial charge in [0.05, 0.1) is 9.79 Å². The Labute approximate surface area is 188 Å². The fourth-order valence-corrected chi connectivity index (χ4v) is 5.99. The van der Waals surface area contributed by atoms with Gasteiger partial charge in [-0.1, -0.05) is 45.1 Å². The van der Waals surface area contributed by atoms with Crippen LogP contribution in [0.25, 0.3) is 0 Å². The first-order valence-electron chi connectivity index (χ1n) is 11.4. The first-order valence-corrected chi connectivity index (χ1v) is 12.4. The van der Waals surface area contributed by atoms with Gasteiger partial charge in [0.25, 0.3) is 11.6 Å². The van der Waals surface area contributed by atoms with Crippen LogP contribution >= 0.6 is 11.8 Å². The minimum atomic E-state index is -0.473. The van der Waals surface area contributed by atoms with Crippen LogP contribution in [0.1, 0.15) is 75.1 Å². The van der Waals surface area contributed by atoms with Crippen molar-refractivity contribution in [1.82, 2.24) is 9.80 Å². The van der Waals surface area contributed by atoms with E-state index in [0.29, 0.717) is 31.6 Å². The molecule has 0 saturated carbocycles. The van der Waals surface area contributed by atoms with Crippen LogP contribution in [-0.4, -0.2) is 56.8 Å². The van der Waals surface area contributed by atoms with Gasteiger partial charge in [0, 0.05) is 49.5 Å². The summed E-state index contributed by atoms with van der Waals surface area (Å²) in [5.41, 5.74) is 0.291.